The Morgan fingerprint density at radius 1 is 1.12 bits per heavy atom. The van der Waals surface area contributed by atoms with Crippen LogP contribution in [0.25, 0.3) is 5.69 Å². The minimum absolute atomic E-state index is 0.103. The molecule has 0 fully saturated rings. The van der Waals surface area contributed by atoms with Crippen molar-refractivity contribution in [2.24, 2.45) is 0 Å². The van der Waals surface area contributed by atoms with E-state index in [0.29, 0.717) is 21.4 Å². The molecule has 0 spiro atoms. The van der Waals surface area contributed by atoms with Crippen molar-refractivity contribution in [3.05, 3.63) is 64.7 Å². The Kier molecular flexibility index (Phi) is 5.21. The average Bonchev–Trinajstić information content (AvgIpc) is 3.08. The quantitative estimate of drug-likeness (QED) is 0.708. The van der Waals surface area contributed by atoms with Gasteiger partial charge in [0.15, 0.2) is 0 Å². The molecule has 3 rings (SSSR count). The molecule has 1 amide bonds. The summed E-state index contributed by atoms with van der Waals surface area (Å²) < 4.78 is 1.56. The Hall–Kier alpha value is -2.57. The number of carbonyl (C=O) groups is 1. The number of hydrogen-bond donors (Lipinski definition) is 2. The molecule has 25 heavy (non-hydrogen) atoms. The monoisotopic (exact) mass is 375 g/mol. The molecule has 0 aliphatic heterocycles. The lowest BCUT2D eigenvalue weighted by atomic mass is 10.2. The van der Waals surface area contributed by atoms with E-state index in [9.17, 15) is 4.79 Å². The van der Waals surface area contributed by atoms with Crippen LogP contribution in [0.3, 0.4) is 0 Å². The maximum Gasteiger partial charge on any atom is 0.243 e. The molecule has 6 nitrogen and oxygen atoms in total. The standard InChI is InChI=1S/C17H15Cl2N5O/c1-11-6-12(18)2-4-14(11)21-8-17(25)23-15-7-13(19)3-5-16(15)24-10-20-9-22-24/h2-7,9-10,21H,8H2,1H3,(H,23,25). The van der Waals surface area contributed by atoms with E-state index < -0.39 is 0 Å². The summed E-state index contributed by atoms with van der Waals surface area (Å²) in [5, 5.41) is 11.2. The number of aromatic nitrogens is 3. The molecule has 0 aliphatic rings. The number of nitrogens with zero attached hydrogens (tertiary/aromatic N) is 3. The van der Waals surface area contributed by atoms with E-state index in [1.807, 2.05) is 19.1 Å². The van der Waals surface area contributed by atoms with Gasteiger partial charge in [-0.25, -0.2) is 9.67 Å². The zero-order valence-corrected chi connectivity index (χ0v) is 14.8. The zero-order valence-electron chi connectivity index (χ0n) is 13.3. The fourth-order valence-electron chi connectivity index (χ4n) is 2.34. The third-order valence-electron chi connectivity index (χ3n) is 3.53. The maximum atomic E-state index is 12.3. The molecule has 128 valence electrons. The van der Waals surface area contributed by atoms with Crippen molar-refractivity contribution in [2.75, 3.05) is 17.2 Å². The third-order valence-corrected chi connectivity index (χ3v) is 4.00. The Morgan fingerprint density at radius 3 is 2.60 bits per heavy atom. The van der Waals surface area contributed by atoms with Crippen molar-refractivity contribution in [2.45, 2.75) is 6.92 Å². The molecule has 8 heteroatoms. The lowest BCUT2D eigenvalue weighted by molar-refractivity contribution is -0.114. The lowest BCUT2D eigenvalue weighted by Crippen LogP contribution is -2.23. The number of carbonyl (C=O) groups excluding carboxylic acids is 1. The van der Waals surface area contributed by atoms with Crippen molar-refractivity contribution in [3.63, 3.8) is 0 Å². The summed E-state index contributed by atoms with van der Waals surface area (Å²) in [4.78, 5) is 16.2. The first kappa shape index (κ1) is 17.3. The SMILES string of the molecule is Cc1cc(Cl)ccc1NCC(=O)Nc1cc(Cl)ccc1-n1cncn1. The summed E-state index contributed by atoms with van der Waals surface area (Å²) in [6, 6.07) is 10.6. The van der Waals surface area contributed by atoms with Gasteiger partial charge >= 0.3 is 0 Å². The normalized spacial score (nSPS) is 10.5. The molecule has 0 bridgehead atoms. The van der Waals surface area contributed by atoms with Crippen LogP contribution in [0.15, 0.2) is 49.1 Å². The van der Waals surface area contributed by atoms with Gasteiger partial charge in [0.05, 0.1) is 17.9 Å². The van der Waals surface area contributed by atoms with Crippen LogP contribution in [-0.4, -0.2) is 27.2 Å². The van der Waals surface area contributed by atoms with Crippen molar-refractivity contribution in [3.8, 4) is 5.69 Å². The number of halogens is 2. The molecule has 0 unspecified atom stereocenters. The van der Waals surface area contributed by atoms with Crippen molar-refractivity contribution >= 4 is 40.5 Å². The Bertz CT molecular complexity index is 896. The van der Waals surface area contributed by atoms with Crippen molar-refractivity contribution < 1.29 is 4.79 Å². The van der Waals surface area contributed by atoms with Crippen LogP contribution in [0, 0.1) is 6.92 Å². The van der Waals surface area contributed by atoms with Crippen LogP contribution in [0.4, 0.5) is 11.4 Å². The summed E-state index contributed by atoms with van der Waals surface area (Å²) >= 11 is 12.0. The number of hydrogen-bond acceptors (Lipinski definition) is 4. The summed E-state index contributed by atoms with van der Waals surface area (Å²) in [5.74, 6) is -0.210. The minimum atomic E-state index is -0.210. The van der Waals surface area contributed by atoms with E-state index in [4.69, 9.17) is 23.2 Å². The summed E-state index contributed by atoms with van der Waals surface area (Å²) in [6.07, 6.45) is 2.97. The van der Waals surface area contributed by atoms with Crippen LogP contribution >= 0.6 is 23.2 Å². The van der Waals surface area contributed by atoms with E-state index in [-0.39, 0.29) is 12.5 Å². The molecule has 2 aromatic carbocycles. The van der Waals surface area contributed by atoms with Gasteiger partial charge in [-0.1, -0.05) is 23.2 Å². The summed E-state index contributed by atoms with van der Waals surface area (Å²) in [5.41, 5.74) is 3.05. The predicted molar refractivity (Wildman–Crippen MR) is 99.7 cm³/mol. The molecule has 0 radical (unpaired) electrons. The van der Waals surface area contributed by atoms with Gasteiger partial charge in [0.1, 0.15) is 12.7 Å². The van der Waals surface area contributed by atoms with Crippen LogP contribution in [0.5, 0.6) is 0 Å². The highest BCUT2D eigenvalue weighted by atomic mass is 35.5. The van der Waals surface area contributed by atoms with Gasteiger partial charge in [0.2, 0.25) is 5.91 Å². The highest BCUT2D eigenvalue weighted by Crippen LogP contribution is 2.24. The van der Waals surface area contributed by atoms with Crippen LogP contribution in [-0.2, 0) is 4.79 Å². The largest absolute Gasteiger partial charge is 0.376 e. The molecule has 0 saturated heterocycles. The average molecular weight is 376 g/mol. The first-order chi connectivity index (χ1) is 12.0. The second-order valence-corrected chi connectivity index (χ2v) is 6.24. The van der Waals surface area contributed by atoms with E-state index in [1.165, 1.54) is 6.33 Å². The summed E-state index contributed by atoms with van der Waals surface area (Å²) in [7, 11) is 0. The van der Waals surface area contributed by atoms with Gasteiger partial charge in [0.25, 0.3) is 0 Å². The Morgan fingerprint density at radius 2 is 1.88 bits per heavy atom. The molecule has 0 aliphatic carbocycles. The highest BCUT2D eigenvalue weighted by Gasteiger charge is 2.10. The molecule has 1 aromatic heterocycles. The van der Waals surface area contributed by atoms with Gasteiger partial charge in [-0.3, -0.25) is 4.79 Å². The van der Waals surface area contributed by atoms with Gasteiger partial charge in [-0.05, 0) is 48.9 Å². The molecule has 3 aromatic rings. The fraction of sp³-hybridized carbons (Fsp3) is 0.118. The molecule has 0 saturated carbocycles. The van der Waals surface area contributed by atoms with Gasteiger partial charge in [-0.15, -0.1) is 0 Å². The zero-order chi connectivity index (χ0) is 17.8. The minimum Gasteiger partial charge on any atom is -0.376 e. The van der Waals surface area contributed by atoms with Crippen LogP contribution < -0.4 is 10.6 Å². The van der Waals surface area contributed by atoms with E-state index in [0.717, 1.165) is 11.3 Å². The smallest absolute Gasteiger partial charge is 0.243 e. The molecule has 2 N–H and O–H groups in total. The fourth-order valence-corrected chi connectivity index (χ4v) is 2.73. The number of nitrogens with one attached hydrogen (secondary N) is 2. The molecule has 0 atom stereocenters. The maximum absolute atomic E-state index is 12.3. The lowest BCUT2D eigenvalue weighted by Gasteiger charge is -2.13. The van der Waals surface area contributed by atoms with E-state index in [1.54, 1.807) is 35.3 Å². The third kappa shape index (κ3) is 4.29. The molecular formula is C17H15Cl2N5O. The van der Waals surface area contributed by atoms with Gasteiger partial charge in [-0.2, -0.15) is 5.10 Å². The van der Waals surface area contributed by atoms with Crippen LogP contribution in [0.1, 0.15) is 5.56 Å². The Balaban J connectivity index is 1.72. The molecule has 1 heterocycles. The second kappa shape index (κ2) is 7.55. The predicted octanol–water partition coefficient (Wildman–Crippen LogP) is 3.93. The number of benzene rings is 2. The van der Waals surface area contributed by atoms with Crippen molar-refractivity contribution in [1.29, 1.82) is 0 Å². The topological polar surface area (TPSA) is 71.8 Å². The van der Waals surface area contributed by atoms with E-state index >= 15 is 0 Å². The number of rotatable bonds is 5. The first-order valence-electron chi connectivity index (χ1n) is 7.47. The Labute approximate surface area is 154 Å². The number of aryl methyl sites for hydroxylation is 1. The van der Waals surface area contributed by atoms with Crippen molar-refractivity contribution in [1.82, 2.24) is 14.8 Å². The van der Waals surface area contributed by atoms with Gasteiger partial charge < -0.3 is 10.6 Å². The number of amides is 1. The van der Waals surface area contributed by atoms with E-state index in [2.05, 4.69) is 20.7 Å². The number of anilines is 2. The first-order valence-corrected chi connectivity index (χ1v) is 8.23. The summed E-state index contributed by atoms with van der Waals surface area (Å²) in [6.45, 7) is 2.03. The van der Waals surface area contributed by atoms with Gasteiger partial charge in [0, 0.05) is 15.7 Å². The van der Waals surface area contributed by atoms with Crippen LogP contribution in [0.2, 0.25) is 10.0 Å². The molecular weight excluding hydrogens is 361 g/mol. The highest BCUT2D eigenvalue weighted by molar-refractivity contribution is 6.31. The second-order valence-electron chi connectivity index (χ2n) is 5.36.